The Morgan fingerprint density at radius 2 is 1.87 bits per heavy atom. The lowest BCUT2D eigenvalue weighted by Crippen LogP contribution is -2.13. The van der Waals surface area contributed by atoms with Crippen LogP contribution in [0.15, 0.2) is 47.5 Å². The molecule has 0 unspecified atom stereocenters. The molecule has 2 aromatic rings. The first-order valence-electron chi connectivity index (χ1n) is 7.00. The van der Waals surface area contributed by atoms with Crippen molar-refractivity contribution in [1.82, 2.24) is 0 Å². The highest BCUT2D eigenvalue weighted by Crippen LogP contribution is 2.26. The average molecular weight is 351 g/mol. The zero-order valence-corrected chi connectivity index (χ0v) is 14.3. The van der Waals surface area contributed by atoms with Gasteiger partial charge in [0.05, 0.1) is 34.2 Å². The van der Waals surface area contributed by atoms with Crippen LogP contribution in [0.5, 0.6) is 0 Å². The summed E-state index contributed by atoms with van der Waals surface area (Å²) in [6, 6.07) is 12.2. The van der Waals surface area contributed by atoms with Crippen molar-refractivity contribution in [1.29, 1.82) is 0 Å². The first-order chi connectivity index (χ1) is 11.0. The van der Waals surface area contributed by atoms with Crippen molar-refractivity contribution in [3.05, 3.63) is 58.1 Å². The standard InChI is InChI=1S/C17H16Cl2N2O2/c1-3-23-17(22)12-4-6-13(7-5-12)20-11-21(2)14-8-9-15(18)16(19)10-14/h4-11H,3H2,1-2H3. The molecule has 0 aliphatic rings. The topological polar surface area (TPSA) is 41.9 Å². The molecule has 4 nitrogen and oxygen atoms in total. The summed E-state index contributed by atoms with van der Waals surface area (Å²) >= 11 is 11.9. The minimum absolute atomic E-state index is 0.337. The SMILES string of the molecule is CCOC(=O)c1ccc(N=CN(C)c2ccc(Cl)c(Cl)c2)cc1. The van der Waals surface area contributed by atoms with E-state index in [1.165, 1.54) is 0 Å². The number of rotatable bonds is 5. The Morgan fingerprint density at radius 1 is 1.17 bits per heavy atom. The van der Waals surface area contributed by atoms with Crippen LogP contribution >= 0.6 is 23.2 Å². The quantitative estimate of drug-likeness (QED) is 0.434. The van der Waals surface area contributed by atoms with Crippen molar-refractivity contribution >= 4 is 46.9 Å². The zero-order valence-electron chi connectivity index (χ0n) is 12.8. The van der Waals surface area contributed by atoms with Gasteiger partial charge in [-0.3, -0.25) is 0 Å². The molecule has 0 atom stereocenters. The monoisotopic (exact) mass is 350 g/mol. The molecule has 0 aromatic heterocycles. The van der Waals surface area contributed by atoms with Crippen molar-refractivity contribution in [2.24, 2.45) is 4.99 Å². The van der Waals surface area contributed by atoms with E-state index in [-0.39, 0.29) is 5.97 Å². The maximum absolute atomic E-state index is 11.6. The summed E-state index contributed by atoms with van der Waals surface area (Å²) in [5.41, 5.74) is 2.10. The van der Waals surface area contributed by atoms with Crippen molar-refractivity contribution in [2.45, 2.75) is 6.92 Å². The molecule has 6 heteroatoms. The molecular weight excluding hydrogens is 335 g/mol. The van der Waals surface area contributed by atoms with Crippen molar-refractivity contribution in [2.75, 3.05) is 18.6 Å². The Balaban J connectivity index is 2.07. The lowest BCUT2D eigenvalue weighted by Gasteiger charge is -2.13. The Morgan fingerprint density at radius 3 is 2.48 bits per heavy atom. The minimum Gasteiger partial charge on any atom is -0.462 e. The number of hydrogen-bond donors (Lipinski definition) is 0. The fraction of sp³-hybridized carbons (Fsp3) is 0.176. The Bertz CT molecular complexity index is 715. The van der Waals surface area contributed by atoms with E-state index >= 15 is 0 Å². The third-order valence-electron chi connectivity index (χ3n) is 3.07. The summed E-state index contributed by atoms with van der Waals surface area (Å²) in [5, 5.41) is 0.999. The molecule has 2 aromatic carbocycles. The lowest BCUT2D eigenvalue weighted by molar-refractivity contribution is 0.0526. The van der Waals surface area contributed by atoms with E-state index in [0.717, 1.165) is 11.4 Å². The fourth-order valence-electron chi connectivity index (χ4n) is 1.82. The van der Waals surface area contributed by atoms with Crippen LogP contribution in [0.2, 0.25) is 10.0 Å². The van der Waals surface area contributed by atoms with E-state index < -0.39 is 0 Å². The molecule has 0 saturated heterocycles. The molecular formula is C17H16Cl2N2O2. The maximum Gasteiger partial charge on any atom is 0.338 e. The molecule has 0 spiro atoms. The molecule has 0 N–H and O–H groups in total. The van der Waals surface area contributed by atoms with Crippen LogP contribution in [0, 0.1) is 0 Å². The highest BCUT2D eigenvalue weighted by molar-refractivity contribution is 6.42. The summed E-state index contributed by atoms with van der Waals surface area (Å²) in [5.74, 6) is -0.337. The number of carbonyl (C=O) groups excluding carboxylic acids is 1. The maximum atomic E-state index is 11.6. The molecule has 0 bridgehead atoms. The van der Waals surface area contributed by atoms with E-state index in [1.807, 2.05) is 18.0 Å². The number of nitrogens with zero attached hydrogens (tertiary/aromatic N) is 2. The van der Waals surface area contributed by atoms with Crippen LogP contribution < -0.4 is 4.90 Å². The van der Waals surface area contributed by atoms with Crippen molar-refractivity contribution in [3.63, 3.8) is 0 Å². The second-order valence-corrected chi connectivity index (χ2v) is 5.54. The smallest absolute Gasteiger partial charge is 0.338 e. The molecule has 23 heavy (non-hydrogen) atoms. The first-order valence-corrected chi connectivity index (χ1v) is 7.76. The number of benzene rings is 2. The van der Waals surface area contributed by atoms with Gasteiger partial charge in [0, 0.05) is 12.7 Å². The van der Waals surface area contributed by atoms with E-state index in [0.29, 0.717) is 22.2 Å². The number of anilines is 1. The number of aliphatic imine (C=N–C) groups is 1. The Hall–Kier alpha value is -2.04. The largest absolute Gasteiger partial charge is 0.462 e. The first kappa shape index (κ1) is 17.3. The van der Waals surface area contributed by atoms with Gasteiger partial charge in [0.15, 0.2) is 0 Å². The number of carbonyl (C=O) groups is 1. The second kappa shape index (κ2) is 7.99. The Labute approximate surface area is 145 Å². The van der Waals surface area contributed by atoms with E-state index in [1.54, 1.807) is 49.7 Å². The molecule has 2 rings (SSSR count). The number of hydrogen-bond acceptors (Lipinski definition) is 3. The summed E-state index contributed by atoms with van der Waals surface area (Å²) in [6.07, 6.45) is 1.67. The van der Waals surface area contributed by atoms with E-state index in [4.69, 9.17) is 27.9 Å². The number of ether oxygens (including phenoxy) is 1. The summed E-state index contributed by atoms with van der Waals surface area (Å²) in [4.78, 5) is 17.7. The van der Waals surface area contributed by atoms with Crippen LogP contribution in [0.3, 0.4) is 0 Å². The predicted molar refractivity (Wildman–Crippen MR) is 95.4 cm³/mol. The van der Waals surface area contributed by atoms with Gasteiger partial charge < -0.3 is 9.64 Å². The highest BCUT2D eigenvalue weighted by atomic mass is 35.5. The molecule has 0 aliphatic carbocycles. The van der Waals surface area contributed by atoms with E-state index in [9.17, 15) is 4.79 Å². The van der Waals surface area contributed by atoms with Crippen LogP contribution in [0.4, 0.5) is 11.4 Å². The van der Waals surface area contributed by atoms with Crippen molar-refractivity contribution < 1.29 is 9.53 Å². The van der Waals surface area contributed by atoms with Gasteiger partial charge in [-0.1, -0.05) is 23.2 Å². The molecule has 0 radical (unpaired) electrons. The summed E-state index contributed by atoms with van der Waals surface area (Å²) in [6.45, 7) is 2.13. The predicted octanol–water partition coefficient (Wildman–Crippen LogP) is 4.97. The molecule has 0 amide bonds. The van der Waals surface area contributed by atoms with Crippen LogP contribution in [0.1, 0.15) is 17.3 Å². The molecule has 0 aliphatic heterocycles. The van der Waals surface area contributed by atoms with Crippen LogP contribution in [-0.2, 0) is 4.74 Å². The minimum atomic E-state index is -0.337. The number of esters is 1. The van der Waals surface area contributed by atoms with Gasteiger partial charge in [0.2, 0.25) is 0 Å². The van der Waals surface area contributed by atoms with Gasteiger partial charge in [-0.05, 0) is 49.4 Å². The second-order valence-electron chi connectivity index (χ2n) is 4.72. The van der Waals surface area contributed by atoms with Crippen LogP contribution in [0.25, 0.3) is 0 Å². The highest BCUT2D eigenvalue weighted by Gasteiger charge is 2.05. The summed E-state index contributed by atoms with van der Waals surface area (Å²) in [7, 11) is 1.86. The van der Waals surface area contributed by atoms with Gasteiger partial charge >= 0.3 is 5.97 Å². The fourth-order valence-corrected chi connectivity index (χ4v) is 2.11. The van der Waals surface area contributed by atoms with Gasteiger partial charge in [0.25, 0.3) is 0 Å². The van der Waals surface area contributed by atoms with Gasteiger partial charge in [-0.15, -0.1) is 0 Å². The average Bonchev–Trinajstić information content (AvgIpc) is 2.56. The van der Waals surface area contributed by atoms with Gasteiger partial charge in [0.1, 0.15) is 0 Å². The summed E-state index contributed by atoms with van der Waals surface area (Å²) < 4.78 is 4.94. The Kier molecular flexibility index (Phi) is 6.02. The van der Waals surface area contributed by atoms with Crippen molar-refractivity contribution in [3.8, 4) is 0 Å². The lowest BCUT2D eigenvalue weighted by atomic mass is 10.2. The molecule has 0 fully saturated rings. The third-order valence-corrected chi connectivity index (χ3v) is 3.81. The molecule has 120 valence electrons. The van der Waals surface area contributed by atoms with E-state index in [2.05, 4.69) is 4.99 Å². The normalized spacial score (nSPS) is 10.8. The zero-order chi connectivity index (χ0) is 16.8. The van der Waals surface area contributed by atoms with Gasteiger partial charge in [-0.2, -0.15) is 0 Å². The molecule has 0 heterocycles. The number of halogens is 2. The molecule has 0 saturated carbocycles. The van der Waals surface area contributed by atoms with Gasteiger partial charge in [-0.25, -0.2) is 9.79 Å². The third kappa shape index (κ3) is 4.71. The van der Waals surface area contributed by atoms with Crippen LogP contribution in [-0.4, -0.2) is 26.0 Å².